The third-order valence-electron chi connectivity index (χ3n) is 16.3. The predicted octanol–water partition coefficient (Wildman–Crippen LogP) is 17.9. The molecule has 1 saturated heterocycles. The van der Waals surface area contributed by atoms with E-state index in [4.69, 9.17) is 14.2 Å². The number of hydrogen-bond acceptors (Lipinski definition) is 10. The van der Waals surface area contributed by atoms with E-state index in [9.17, 15) is 35.1 Å². The predicted molar refractivity (Wildman–Crippen MR) is 352 cm³/mol. The van der Waals surface area contributed by atoms with Gasteiger partial charge in [-0.15, -0.1) is 0 Å². The highest BCUT2D eigenvalue weighted by Gasteiger charge is 2.44. The molecule has 11 heteroatoms. The minimum atomic E-state index is -1.58. The summed E-state index contributed by atoms with van der Waals surface area (Å²) in [4.78, 5) is 25.1. The zero-order valence-electron chi connectivity index (χ0n) is 54.1. The van der Waals surface area contributed by atoms with Gasteiger partial charge in [0.1, 0.15) is 24.4 Å². The summed E-state index contributed by atoms with van der Waals surface area (Å²) < 4.78 is 16.7. The number of esters is 1. The van der Waals surface area contributed by atoms with Gasteiger partial charge in [0.15, 0.2) is 6.29 Å². The van der Waals surface area contributed by atoms with Crippen LogP contribution in [-0.2, 0) is 23.8 Å². The van der Waals surface area contributed by atoms with Crippen LogP contribution in [0.25, 0.3) is 0 Å². The monoisotopic (exact) mass is 1180 g/mol. The number of aliphatic hydroxyl groups is 5. The highest BCUT2D eigenvalue weighted by Crippen LogP contribution is 2.23. The van der Waals surface area contributed by atoms with Crippen molar-refractivity contribution in [2.24, 2.45) is 0 Å². The molecule has 7 unspecified atom stereocenters. The van der Waals surface area contributed by atoms with E-state index >= 15 is 0 Å². The summed E-state index contributed by atoms with van der Waals surface area (Å²) in [5, 5.41) is 54.4. The molecular formula is C73H131NO10. The van der Waals surface area contributed by atoms with Crippen LogP contribution in [-0.4, -0.2) is 100 Å². The second kappa shape index (κ2) is 61.7. The lowest BCUT2D eigenvalue weighted by Gasteiger charge is -2.40. The van der Waals surface area contributed by atoms with Crippen molar-refractivity contribution >= 4 is 11.9 Å². The number of carbonyl (C=O) groups is 2. The molecule has 0 spiro atoms. The van der Waals surface area contributed by atoms with E-state index in [0.717, 1.165) is 70.6 Å². The first-order valence-electron chi connectivity index (χ1n) is 35.2. The summed E-state index contributed by atoms with van der Waals surface area (Å²) in [6.45, 7) is 4.27. The minimum absolute atomic E-state index is 0.0102. The van der Waals surface area contributed by atoms with Crippen LogP contribution in [0.4, 0.5) is 0 Å². The molecule has 0 bridgehead atoms. The highest BCUT2D eigenvalue weighted by molar-refractivity contribution is 5.76. The van der Waals surface area contributed by atoms with Crippen molar-refractivity contribution in [2.75, 3.05) is 19.8 Å². The standard InChI is InChI=1S/C73H131NO10/c1-3-5-7-9-11-13-15-16-37-41-45-49-53-57-61-69(78)82-62-58-54-50-46-42-38-35-33-31-29-27-25-23-21-19-17-18-20-22-24-26-28-30-32-34-36-40-44-48-52-56-60-68(77)74-65(64-83-73-72(81)71(80)70(79)67(63-75)84-73)66(76)59-55-51-47-43-39-14-12-10-8-6-4-2/h9,11,15-16,19,21,25,27,39,43,55,59,65-67,70-73,75-76,79-81H,3-8,10,12-14,17-18,20,22-24,26,28-38,40-42,44-54,56-58,60-64H2,1-2H3,(H,74,77)/b11-9-,16-15-,21-19-,27-25-,43-39+,59-55+. The van der Waals surface area contributed by atoms with Crippen molar-refractivity contribution in [3.05, 3.63) is 72.9 Å². The van der Waals surface area contributed by atoms with E-state index in [2.05, 4.69) is 79.9 Å². The number of unbranched alkanes of at least 4 members (excludes halogenated alkanes) is 37. The van der Waals surface area contributed by atoms with Gasteiger partial charge in [0.05, 0.1) is 32.0 Å². The van der Waals surface area contributed by atoms with E-state index in [1.807, 2.05) is 6.08 Å². The first-order chi connectivity index (χ1) is 41.2. The fourth-order valence-corrected chi connectivity index (χ4v) is 10.7. The van der Waals surface area contributed by atoms with Crippen LogP contribution in [0.15, 0.2) is 72.9 Å². The maximum atomic E-state index is 13.0. The number of allylic oxidation sites excluding steroid dienone is 11. The molecule has 488 valence electrons. The zero-order chi connectivity index (χ0) is 60.9. The van der Waals surface area contributed by atoms with E-state index in [-0.39, 0.29) is 18.5 Å². The first kappa shape index (κ1) is 79.1. The van der Waals surface area contributed by atoms with Crippen LogP contribution in [0.1, 0.15) is 316 Å². The van der Waals surface area contributed by atoms with Gasteiger partial charge < -0.3 is 45.1 Å². The number of aliphatic hydroxyl groups excluding tert-OH is 5. The molecule has 7 atom stereocenters. The van der Waals surface area contributed by atoms with Crippen molar-refractivity contribution in [1.82, 2.24) is 5.32 Å². The third-order valence-corrected chi connectivity index (χ3v) is 16.3. The van der Waals surface area contributed by atoms with Crippen molar-refractivity contribution in [3.8, 4) is 0 Å². The summed E-state index contributed by atoms with van der Waals surface area (Å²) in [5.74, 6) is -0.203. The molecular weight excluding hydrogens is 1050 g/mol. The maximum absolute atomic E-state index is 13.0. The SMILES string of the molecule is CCCC/C=C\C/C=C\CCCCCCCC(=O)OCCCCCCCCCCC/C=C\C/C=C\CCCCCCCCCCCCCCCCCC(=O)NC(COC1OC(CO)C(O)C(O)C1O)C(O)/C=C/CC/C=C/CCCCCCC. The van der Waals surface area contributed by atoms with Crippen molar-refractivity contribution in [3.63, 3.8) is 0 Å². The molecule has 1 heterocycles. The number of hydrogen-bond donors (Lipinski definition) is 6. The van der Waals surface area contributed by atoms with E-state index in [1.165, 1.54) is 218 Å². The summed E-state index contributed by atoms with van der Waals surface area (Å²) in [7, 11) is 0. The molecule has 0 radical (unpaired) electrons. The van der Waals surface area contributed by atoms with Crippen molar-refractivity contribution < 1.29 is 49.3 Å². The average Bonchev–Trinajstić information content (AvgIpc) is 3.55. The van der Waals surface area contributed by atoms with Gasteiger partial charge in [0.25, 0.3) is 0 Å². The second-order valence-corrected chi connectivity index (χ2v) is 24.2. The average molecular weight is 1180 g/mol. The summed E-state index contributed by atoms with van der Waals surface area (Å²) >= 11 is 0. The van der Waals surface area contributed by atoms with Crippen LogP contribution in [0, 0.1) is 0 Å². The van der Waals surface area contributed by atoms with E-state index in [1.54, 1.807) is 6.08 Å². The van der Waals surface area contributed by atoms with Gasteiger partial charge in [-0.25, -0.2) is 0 Å². The number of carbonyl (C=O) groups excluding carboxylic acids is 2. The van der Waals surface area contributed by atoms with Gasteiger partial charge in [-0.3, -0.25) is 9.59 Å². The van der Waals surface area contributed by atoms with Gasteiger partial charge in [-0.05, 0) is 103 Å². The molecule has 84 heavy (non-hydrogen) atoms. The van der Waals surface area contributed by atoms with Crippen molar-refractivity contribution in [2.45, 2.75) is 358 Å². The summed E-state index contributed by atoms with van der Waals surface area (Å²) in [6, 6.07) is -0.828. The Bertz CT molecular complexity index is 1630. The smallest absolute Gasteiger partial charge is 0.305 e. The van der Waals surface area contributed by atoms with Crippen LogP contribution in [0.5, 0.6) is 0 Å². The topological polar surface area (TPSA) is 175 Å². The fourth-order valence-electron chi connectivity index (χ4n) is 10.7. The number of nitrogens with one attached hydrogen (secondary N) is 1. The largest absolute Gasteiger partial charge is 0.466 e. The number of rotatable bonds is 61. The normalized spacial score (nSPS) is 18.5. The molecule has 1 amide bonds. The van der Waals surface area contributed by atoms with E-state index < -0.39 is 49.5 Å². The summed E-state index contributed by atoms with van der Waals surface area (Å²) in [5.41, 5.74) is 0. The first-order valence-corrected chi connectivity index (χ1v) is 35.2. The molecule has 0 aromatic rings. The maximum Gasteiger partial charge on any atom is 0.305 e. The van der Waals surface area contributed by atoms with Crippen LogP contribution in [0.3, 0.4) is 0 Å². The molecule has 0 saturated carbocycles. The Labute approximate surface area is 515 Å². The molecule has 0 aliphatic carbocycles. The lowest BCUT2D eigenvalue weighted by Crippen LogP contribution is -2.60. The van der Waals surface area contributed by atoms with Crippen LogP contribution in [0.2, 0.25) is 0 Å². The summed E-state index contributed by atoms with van der Waals surface area (Å²) in [6.07, 6.45) is 73.3. The fraction of sp³-hybridized carbons (Fsp3) is 0.808. The number of amides is 1. The lowest BCUT2D eigenvalue weighted by molar-refractivity contribution is -0.302. The zero-order valence-corrected chi connectivity index (χ0v) is 54.1. The third kappa shape index (κ3) is 50.1. The second-order valence-electron chi connectivity index (χ2n) is 24.2. The molecule has 1 fully saturated rings. The number of ether oxygens (including phenoxy) is 3. The molecule has 6 N–H and O–H groups in total. The highest BCUT2D eigenvalue weighted by atomic mass is 16.7. The Morgan fingerprint density at radius 3 is 1.29 bits per heavy atom. The van der Waals surface area contributed by atoms with Crippen LogP contribution >= 0.6 is 0 Å². The van der Waals surface area contributed by atoms with E-state index in [0.29, 0.717) is 19.4 Å². The Balaban J connectivity index is 1.96. The van der Waals surface area contributed by atoms with Crippen LogP contribution < -0.4 is 5.32 Å². The Hall–Kier alpha value is -2.90. The molecule has 1 rings (SSSR count). The quantitative estimate of drug-likeness (QED) is 0.0195. The molecule has 1 aliphatic rings. The Morgan fingerprint density at radius 1 is 0.440 bits per heavy atom. The molecule has 1 aliphatic heterocycles. The minimum Gasteiger partial charge on any atom is -0.466 e. The molecule has 11 nitrogen and oxygen atoms in total. The van der Waals surface area contributed by atoms with Gasteiger partial charge in [-0.2, -0.15) is 0 Å². The van der Waals surface area contributed by atoms with Gasteiger partial charge in [-0.1, -0.05) is 273 Å². The molecule has 0 aromatic heterocycles. The van der Waals surface area contributed by atoms with Crippen molar-refractivity contribution in [1.29, 1.82) is 0 Å². The van der Waals surface area contributed by atoms with Gasteiger partial charge in [0, 0.05) is 12.8 Å². The lowest BCUT2D eigenvalue weighted by atomic mass is 9.99. The van der Waals surface area contributed by atoms with Gasteiger partial charge in [0.2, 0.25) is 5.91 Å². The Kier molecular flexibility index (Phi) is 58.1. The molecule has 0 aromatic carbocycles. The Morgan fingerprint density at radius 2 is 0.821 bits per heavy atom. The van der Waals surface area contributed by atoms with Gasteiger partial charge >= 0.3 is 5.97 Å².